The molecule has 1 aromatic carbocycles. The lowest BCUT2D eigenvalue weighted by Gasteiger charge is -2.17. The van der Waals surface area contributed by atoms with Crippen molar-refractivity contribution in [2.24, 2.45) is 0 Å². The third-order valence-electron chi connectivity index (χ3n) is 3.41. The van der Waals surface area contributed by atoms with E-state index in [9.17, 15) is 4.79 Å². The van der Waals surface area contributed by atoms with E-state index in [0.717, 1.165) is 22.0 Å². The maximum Gasteiger partial charge on any atom is 0.261 e. The number of nitrogens with one attached hydrogen (secondary N) is 1. The Labute approximate surface area is 130 Å². The van der Waals surface area contributed by atoms with Crippen LogP contribution in [0.1, 0.15) is 31.4 Å². The second-order valence-electron chi connectivity index (χ2n) is 5.09. The predicted molar refractivity (Wildman–Crippen MR) is 87.8 cm³/mol. The third kappa shape index (κ3) is 3.37. The van der Waals surface area contributed by atoms with Gasteiger partial charge in [0, 0.05) is 23.7 Å². The van der Waals surface area contributed by atoms with E-state index in [1.807, 2.05) is 39.0 Å². The van der Waals surface area contributed by atoms with Crippen LogP contribution in [0.3, 0.4) is 0 Å². The van der Waals surface area contributed by atoms with Crippen molar-refractivity contribution in [3.8, 4) is 18.1 Å². The van der Waals surface area contributed by atoms with Gasteiger partial charge in [0.05, 0.1) is 5.52 Å². The molecule has 4 heteroatoms. The lowest BCUT2D eigenvalue weighted by molar-refractivity contribution is -0.128. The summed E-state index contributed by atoms with van der Waals surface area (Å²) in [6, 6.07) is 5.67. The molecule has 0 bridgehead atoms. The molecular weight excluding hydrogens is 276 g/mol. The molecule has 2 rings (SSSR count). The highest BCUT2D eigenvalue weighted by Crippen LogP contribution is 2.25. The van der Waals surface area contributed by atoms with Gasteiger partial charge in [-0.3, -0.25) is 9.78 Å². The van der Waals surface area contributed by atoms with Crippen LogP contribution in [0.25, 0.3) is 10.9 Å². The molecule has 0 aliphatic heterocycles. The standard InChI is InChI=1S/C18H20N2O2/c1-5-13-9-14-10-15(8-12(4)17(14)20-11-13)22-16(6-2)18(21)19-7-3/h1,8-11,16H,6-7H2,2-4H3,(H,19,21). The number of hydrogen-bond donors (Lipinski definition) is 1. The molecule has 0 spiro atoms. The van der Waals surface area contributed by atoms with E-state index in [4.69, 9.17) is 11.2 Å². The van der Waals surface area contributed by atoms with Gasteiger partial charge in [-0.05, 0) is 44.0 Å². The number of pyridine rings is 1. The number of fused-ring (bicyclic) bond motifs is 1. The summed E-state index contributed by atoms with van der Waals surface area (Å²) < 4.78 is 5.85. The predicted octanol–water partition coefficient (Wildman–Crippen LogP) is 2.82. The van der Waals surface area contributed by atoms with Crippen molar-refractivity contribution in [3.05, 3.63) is 35.5 Å². The minimum Gasteiger partial charge on any atom is -0.481 e. The average molecular weight is 296 g/mol. The van der Waals surface area contributed by atoms with Crippen molar-refractivity contribution in [2.45, 2.75) is 33.3 Å². The summed E-state index contributed by atoms with van der Waals surface area (Å²) in [4.78, 5) is 16.3. The monoisotopic (exact) mass is 296 g/mol. The molecule has 0 saturated carbocycles. The fraction of sp³-hybridized carbons (Fsp3) is 0.333. The highest BCUT2D eigenvalue weighted by Gasteiger charge is 2.18. The van der Waals surface area contributed by atoms with Crippen LogP contribution in [0.15, 0.2) is 24.4 Å². The molecule has 1 amide bonds. The number of likely N-dealkylation sites (N-methyl/N-ethyl adjacent to an activating group) is 1. The number of amides is 1. The van der Waals surface area contributed by atoms with Gasteiger partial charge in [0.15, 0.2) is 6.10 Å². The first-order chi connectivity index (χ1) is 10.6. The van der Waals surface area contributed by atoms with Gasteiger partial charge in [0.2, 0.25) is 0 Å². The Morgan fingerprint density at radius 2 is 2.18 bits per heavy atom. The van der Waals surface area contributed by atoms with E-state index in [1.54, 1.807) is 6.20 Å². The highest BCUT2D eigenvalue weighted by molar-refractivity contribution is 5.85. The molecule has 2 aromatic rings. The molecule has 22 heavy (non-hydrogen) atoms. The van der Waals surface area contributed by atoms with Crippen LogP contribution in [-0.4, -0.2) is 23.5 Å². The molecule has 114 valence electrons. The molecule has 1 aromatic heterocycles. The first kappa shape index (κ1) is 15.8. The maximum atomic E-state index is 12.0. The highest BCUT2D eigenvalue weighted by atomic mass is 16.5. The molecule has 0 saturated heterocycles. The average Bonchev–Trinajstić information content (AvgIpc) is 2.52. The van der Waals surface area contributed by atoms with Crippen molar-refractivity contribution >= 4 is 16.8 Å². The smallest absolute Gasteiger partial charge is 0.261 e. The SMILES string of the molecule is C#Cc1cnc2c(C)cc(OC(CC)C(=O)NCC)cc2c1. The second-order valence-corrected chi connectivity index (χ2v) is 5.09. The normalized spacial score (nSPS) is 11.7. The third-order valence-corrected chi connectivity index (χ3v) is 3.41. The van der Waals surface area contributed by atoms with E-state index in [-0.39, 0.29) is 5.91 Å². The van der Waals surface area contributed by atoms with Crippen molar-refractivity contribution < 1.29 is 9.53 Å². The number of rotatable bonds is 5. The van der Waals surface area contributed by atoms with Crippen LogP contribution in [0, 0.1) is 19.3 Å². The Kier molecular flexibility index (Phi) is 5.00. The molecule has 0 aliphatic rings. The molecule has 1 heterocycles. The van der Waals surface area contributed by atoms with Crippen LogP contribution >= 0.6 is 0 Å². The summed E-state index contributed by atoms with van der Waals surface area (Å²) in [5.41, 5.74) is 2.60. The van der Waals surface area contributed by atoms with Gasteiger partial charge in [0.25, 0.3) is 5.91 Å². The largest absolute Gasteiger partial charge is 0.481 e. The number of benzene rings is 1. The number of nitrogens with zero attached hydrogens (tertiary/aromatic N) is 1. The lowest BCUT2D eigenvalue weighted by Crippen LogP contribution is -2.37. The molecule has 1 N–H and O–H groups in total. The molecule has 0 fully saturated rings. The Hall–Kier alpha value is -2.54. The van der Waals surface area contributed by atoms with E-state index in [1.165, 1.54) is 0 Å². The first-order valence-corrected chi connectivity index (χ1v) is 7.40. The van der Waals surface area contributed by atoms with E-state index >= 15 is 0 Å². The number of carbonyl (C=O) groups is 1. The number of aryl methyl sites for hydroxylation is 1. The molecule has 1 unspecified atom stereocenters. The topological polar surface area (TPSA) is 51.2 Å². The van der Waals surface area contributed by atoms with Crippen LogP contribution in [-0.2, 0) is 4.79 Å². The van der Waals surface area contributed by atoms with Crippen LogP contribution in [0.2, 0.25) is 0 Å². The minimum atomic E-state index is -0.499. The number of terminal acetylenes is 1. The fourth-order valence-corrected chi connectivity index (χ4v) is 2.32. The molecule has 1 atom stereocenters. The summed E-state index contributed by atoms with van der Waals surface area (Å²) in [5.74, 6) is 3.13. The Bertz CT molecular complexity index is 732. The van der Waals surface area contributed by atoms with Crippen molar-refractivity contribution in [1.82, 2.24) is 10.3 Å². The Balaban J connectivity index is 2.35. The van der Waals surface area contributed by atoms with E-state index in [2.05, 4.69) is 16.2 Å². The summed E-state index contributed by atoms with van der Waals surface area (Å²) >= 11 is 0. The van der Waals surface area contributed by atoms with Gasteiger partial charge in [0.1, 0.15) is 5.75 Å². The van der Waals surface area contributed by atoms with Crippen molar-refractivity contribution in [1.29, 1.82) is 0 Å². The quantitative estimate of drug-likeness (QED) is 0.863. The number of ether oxygens (including phenoxy) is 1. The minimum absolute atomic E-state index is 0.0988. The second kappa shape index (κ2) is 6.95. The Morgan fingerprint density at radius 3 is 2.82 bits per heavy atom. The van der Waals surface area contributed by atoms with Crippen LogP contribution in [0.4, 0.5) is 0 Å². The fourth-order valence-electron chi connectivity index (χ4n) is 2.32. The lowest BCUT2D eigenvalue weighted by atomic mass is 10.1. The van der Waals surface area contributed by atoms with Gasteiger partial charge in [-0.25, -0.2) is 0 Å². The summed E-state index contributed by atoms with van der Waals surface area (Å²) in [6.45, 7) is 6.36. The maximum absolute atomic E-state index is 12.0. The van der Waals surface area contributed by atoms with Gasteiger partial charge >= 0.3 is 0 Å². The van der Waals surface area contributed by atoms with Gasteiger partial charge < -0.3 is 10.1 Å². The molecular formula is C18H20N2O2. The number of carbonyl (C=O) groups excluding carboxylic acids is 1. The number of aromatic nitrogens is 1. The van der Waals surface area contributed by atoms with E-state index in [0.29, 0.717) is 18.7 Å². The molecule has 4 nitrogen and oxygen atoms in total. The summed E-state index contributed by atoms with van der Waals surface area (Å²) in [7, 11) is 0. The van der Waals surface area contributed by atoms with Crippen molar-refractivity contribution in [3.63, 3.8) is 0 Å². The van der Waals surface area contributed by atoms with Crippen LogP contribution in [0.5, 0.6) is 5.75 Å². The van der Waals surface area contributed by atoms with Gasteiger partial charge in [-0.2, -0.15) is 0 Å². The molecule has 0 aliphatic carbocycles. The van der Waals surface area contributed by atoms with Crippen LogP contribution < -0.4 is 10.1 Å². The Morgan fingerprint density at radius 1 is 1.41 bits per heavy atom. The first-order valence-electron chi connectivity index (χ1n) is 7.40. The van der Waals surface area contributed by atoms with Gasteiger partial charge in [-0.1, -0.05) is 12.8 Å². The van der Waals surface area contributed by atoms with E-state index < -0.39 is 6.10 Å². The zero-order chi connectivity index (χ0) is 16.1. The zero-order valence-corrected chi connectivity index (χ0v) is 13.1. The summed E-state index contributed by atoms with van der Waals surface area (Å²) in [5, 5.41) is 3.70. The van der Waals surface area contributed by atoms with Crippen molar-refractivity contribution in [2.75, 3.05) is 6.54 Å². The number of hydrogen-bond acceptors (Lipinski definition) is 3. The zero-order valence-electron chi connectivity index (χ0n) is 13.1. The molecule has 0 radical (unpaired) electrons. The summed E-state index contributed by atoms with van der Waals surface area (Å²) in [6.07, 6.45) is 7.20. The van der Waals surface area contributed by atoms with Gasteiger partial charge in [-0.15, -0.1) is 6.42 Å².